The SMILES string of the molecule is Cn1c(SCCC(=O)Nc2nc(-c3ccc4ccccc4c3)cs2)nc2ccccc2c1=O. The standard InChI is InChI=1S/C25H20N4O2S2/c1-29-23(31)19-8-4-5-9-20(19)27-25(29)32-13-12-22(30)28-24-26-21(15-33-24)18-11-10-16-6-2-3-7-17(16)14-18/h2-11,14-15H,12-13H2,1H3,(H,26,28,30). The number of aromatic nitrogens is 3. The van der Waals surface area contributed by atoms with Crippen molar-refractivity contribution in [3.05, 3.63) is 82.5 Å². The van der Waals surface area contributed by atoms with Gasteiger partial charge in [0.1, 0.15) is 0 Å². The van der Waals surface area contributed by atoms with Crippen molar-refractivity contribution in [3.8, 4) is 11.3 Å². The Kier molecular flexibility index (Phi) is 5.93. The molecule has 0 spiro atoms. The molecule has 0 bridgehead atoms. The van der Waals surface area contributed by atoms with Crippen LogP contribution in [0, 0.1) is 0 Å². The van der Waals surface area contributed by atoms with Crippen molar-refractivity contribution in [1.82, 2.24) is 14.5 Å². The average Bonchev–Trinajstić information content (AvgIpc) is 3.30. The molecule has 3 aromatic carbocycles. The van der Waals surface area contributed by atoms with Crippen LogP contribution in [0.25, 0.3) is 32.9 Å². The summed E-state index contributed by atoms with van der Waals surface area (Å²) >= 11 is 2.80. The highest BCUT2D eigenvalue weighted by Crippen LogP contribution is 2.28. The van der Waals surface area contributed by atoms with Crippen LogP contribution in [0.5, 0.6) is 0 Å². The molecule has 0 aliphatic carbocycles. The number of fused-ring (bicyclic) bond motifs is 2. The number of nitrogens with one attached hydrogen (secondary N) is 1. The zero-order chi connectivity index (χ0) is 22.8. The zero-order valence-corrected chi connectivity index (χ0v) is 19.5. The number of benzene rings is 3. The summed E-state index contributed by atoms with van der Waals surface area (Å²) in [5, 5.41) is 8.92. The summed E-state index contributed by atoms with van der Waals surface area (Å²) in [4.78, 5) is 34.1. The first kappa shape index (κ1) is 21.4. The molecule has 0 fully saturated rings. The van der Waals surface area contributed by atoms with Crippen LogP contribution in [0.1, 0.15) is 6.42 Å². The highest BCUT2D eigenvalue weighted by Gasteiger charge is 2.11. The fraction of sp³-hybridized carbons (Fsp3) is 0.120. The molecular weight excluding hydrogens is 452 g/mol. The monoisotopic (exact) mass is 472 g/mol. The van der Waals surface area contributed by atoms with Gasteiger partial charge < -0.3 is 5.32 Å². The Bertz CT molecular complexity index is 1540. The van der Waals surface area contributed by atoms with E-state index in [4.69, 9.17) is 0 Å². The van der Waals surface area contributed by atoms with Gasteiger partial charge in [0.25, 0.3) is 5.56 Å². The summed E-state index contributed by atoms with van der Waals surface area (Å²) in [6.07, 6.45) is 0.290. The molecule has 1 amide bonds. The molecule has 2 heterocycles. The Morgan fingerprint density at radius 1 is 1.03 bits per heavy atom. The number of amides is 1. The lowest BCUT2D eigenvalue weighted by Gasteiger charge is -2.08. The molecule has 164 valence electrons. The predicted octanol–water partition coefficient (Wildman–Crippen LogP) is 5.33. The van der Waals surface area contributed by atoms with Crippen LogP contribution in [-0.4, -0.2) is 26.2 Å². The van der Waals surface area contributed by atoms with Gasteiger partial charge >= 0.3 is 0 Å². The number of rotatable bonds is 6. The highest BCUT2D eigenvalue weighted by atomic mass is 32.2. The minimum atomic E-state index is -0.118. The Balaban J connectivity index is 1.21. The first-order valence-electron chi connectivity index (χ1n) is 10.4. The Hall–Kier alpha value is -3.49. The van der Waals surface area contributed by atoms with Crippen molar-refractivity contribution >= 4 is 55.8 Å². The van der Waals surface area contributed by atoms with Crippen LogP contribution in [0.4, 0.5) is 5.13 Å². The van der Waals surface area contributed by atoms with Crippen molar-refractivity contribution in [2.45, 2.75) is 11.6 Å². The Labute approximate surface area is 198 Å². The first-order valence-corrected chi connectivity index (χ1v) is 12.3. The van der Waals surface area contributed by atoms with E-state index in [0.717, 1.165) is 16.6 Å². The summed E-state index contributed by atoms with van der Waals surface area (Å²) in [6.45, 7) is 0. The number of thiazole rings is 1. The van der Waals surface area contributed by atoms with Gasteiger partial charge in [-0.1, -0.05) is 60.3 Å². The fourth-order valence-corrected chi connectivity index (χ4v) is 5.20. The van der Waals surface area contributed by atoms with Crippen LogP contribution in [0.2, 0.25) is 0 Å². The van der Waals surface area contributed by atoms with Gasteiger partial charge in [-0.25, -0.2) is 9.97 Å². The summed E-state index contributed by atoms with van der Waals surface area (Å²) in [6, 6.07) is 21.7. The normalized spacial score (nSPS) is 11.2. The van der Waals surface area contributed by atoms with Crippen molar-refractivity contribution in [1.29, 1.82) is 0 Å². The van der Waals surface area contributed by atoms with Crippen LogP contribution >= 0.6 is 23.1 Å². The van der Waals surface area contributed by atoms with Crippen molar-refractivity contribution in [3.63, 3.8) is 0 Å². The molecule has 0 unspecified atom stereocenters. The van der Waals surface area contributed by atoms with E-state index in [-0.39, 0.29) is 17.9 Å². The van der Waals surface area contributed by atoms with Gasteiger partial charge in [0, 0.05) is 30.2 Å². The lowest BCUT2D eigenvalue weighted by atomic mass is 10.1. The number of anilines is 1. The van der Waals surface area contributed by atoms with Crippen molar-refractivity contribution in [2.24, 2.45) is 7.05 Å². The number of nitrogens with zero attached hydrogens (tertiary/aromatic N) is 3. The summed E-state index contributed by atoms with van der Waals surface area (Å²) < 4.78 is 1.53. The van der Waals surface area contributed by atoms with Gasteiger partial charge in [-0.05, 0) is 29.0 Å². The highest BCUT2D eigenvalue weighted by molar-refractivity contribution is 7.99. The van der Waals surface area contributed by atoms with E-state index >= 15 is 0 Å². The van der Waals surface area contributed by atoms with Gasteiger partial charge in [0.05, 0.1) is 16.6 Å². The van der Waals surface area contributed by atoms with E-state index in [1.165, 1.54) is 33.1 Å². The van der Waals surface area contributed by atoms with Crippen LogP contribution in [0.3, 0.4) is 0 Å². The maximum atomic E-state index is 12.5. The van der Waals surface area contributed by atoms with Crippen LogP contribution in [-0.2, 0) is 11.8 Å². The molecule has 0 aliphatic heterocycles. The molecule has 5 aromatic rings. The number of hydrogen-bond acceptors (Lipinski definition) is 6. The largest absolute Gasteiger partial charge is 0.302 e. The molecule has 0 aliphatic rings. The Morgan fingerprint density at radius 2 is 1.82 bits per heavy atom. The van der Waals surface area contributed by atoms with E-state index in [2.05, 4.69) is 39.6 Å². The minimum Gasteiger partial charge on any atom is -0.302 e. The first-order chi connectivity index (χ1) is 16.1. The molecule has 0 radical (unpaired) electrons. The number of hydrogen-bond donors (Lipinski definition) is 1. The third-order valence-corrected chi connectivity index (χ3v) is 7.09. The number of para-hydroxylation sites is 1. The van der Waals surface area contributed by atoms with Crippen molar-refractivity contribution in [2.75, 3.05) is 11.1 Å². The average molecular weight is 473 g/mol. The molecule has 8 heteroatoms. The lowest BCUT2D eigenvalue weighted by Crippen LogP contribution is -2.20. The summed E-state index contributed by atoms with van der Waals surface area (Å²) in [5.41, 5.74) is 2.43. The van der Waals surface area contributed by atoms with E-state index in [1.807, 2.05) is 41.8 Å². The number of carbonyl (C=O) groups excluding carboxylic acids is 1. The van der Waals surface area contributed by atoms with Gasteiger partial charge in [-0.3, -0.25) is 14.2 Å². The second-order valence-electron chi connectivity index (χ2n) is 7.52. The second kappa shape index (κ2) is 9.17. The van der Waals surface area contributed by atoms with Crippen molar-refractivity contribution < 1.29 is 4.79 Å². The zero-order valence-electron chi connectivity index (χ0n) is 17.8. The summed E-state index contributed by atoms with van der Waals surface area (Å²) in [5.74, 6) is 0.389. The third kappa shape index (κ3) is 4.53. The second-order valence-corrected chi connectivity index (χ2v) is 9.44. The van der Waals surface area contributed by atoms with Gasteiger partial charge in [0.15, 0.2) is 10.3 Å². The predicted molar refractivity (Wildman–Crippen MR) is 136 cm³/mol. The van der Waals surface area contributed by atoms with Crippen LogP contribution < -0.4 is 10.9 Å². The Morgan fingerprint density at radius 3 is 2.70 bits per heavy atom. The molecular formula is C25H20N4O2S2. The minimum absolute atomic E-state index is 0.0865. The quantitative estimate of drug-likeness (QED) is 0.267. The molecule has 5 rings (SSSR count). The van der Waals surface area contributed by atoms with E-state index in [1.54, 1.807) is 13.1 Å². The summed E-state index contributed by atoms with van der Waals surface area (Å²) in [7, 11) is 1.70. The molecule has 0 saturated carbocycles. The van der Waals surface area contributed by atoms with E-state index < -0.39 is 0 Å². The van der Waals surface area contributed by atoms with E-state index in [9.17, 15) is 9.59 Å². The maximum absolute atomic E-state index is 12.5. The molecule has 33 heavy (non-hydrogen) atoms. The number of carbonyl (C=O) groups is 1. The fourth-order valence-electron chi connectivity index (χ4n) is 3.56. The maximum Gasteiger partial charge on any atom is 0.261 e. The van der Waals surface area contributed by atoms with Gasteiger partial charge in [0.2, 0.25) is 5.91 Å². The molecule has 0 atom stereocenters. The van der Waals surface area contributed by atoms with Crippen LogP contribution in [0.15, 0.2) is 82.1 Å². The molecule has 2 aromatic heterocycles. The number of thioether (sulfide) groups is 1. The van der Waals surface area contributed by atoms with Gasteiger partial charge in [-0.15, -0.1) is 11.3 Å². The molecule has 0 saturated heterocycles. The van der Waals surface area contributed by atoms with Gasteiger partial charge in [-0.2, -0.15) is 0 Å². The van der Waals surface area contributed by atoms with E-state index in [0.29, 0.717) is 26.9 Å². The molecule has 6 nitrogen and oxygen atoms in total. The molecule has 1 N–H and O–H groups in total. The third-order valence-electron chi connectivity index (χ3n) is 5.30. The smallest absolute Gasteiger partial charge is 0.261 e. The topological polar surface area (TPSA) is 76.9 Å². The lowest BCUT2D eigenvalue weighted by molar-refractivity contribution is -0.115.